The SMILES string of the molecule is CC(=O)N1CCC(c2c[nH]c3ccc(Cl)cc23)CC1. The second-order valence-corrected chi connectivity index (χ2v) is 5.65. The molecule has 1 saturated heterocycles. The van der Waals surface area contributed by atoms with Crippen LogP contribution < -0.4 is 0 Å². The maximum Gasteiger partial charge on any atom is 0.219 e. The van der Waals surface area contributed by atoms with Crippen LogP contribution in [-0.2, 0) is 4.79 Å². The number of piperidine rings is 1. The highest BCUT2D eigenvalue weighted by atomic mass is 35.5. The van der Waals surface area contributed by atoms with Gasteiger partial charge in [0.1, 0.15) is 0 Å². The number of likely N-dealkylation sites (tertiary alicyclic amines) is 1. The first-order valence-corrected chi connectivity index (χ1v) is 7.05. The Labute approximate surface area is 117 Å². The van der Waals surface area contributed by atoms with Gasteiger partial charge in [0.15, 0.2) is 0 Å². The molecule has 1 aromatic carbocycles. The molecule has 0 unspecified atom stereocenters. The average molecular weight is 277 g/mol. The quantitative estimate of drug-likeness (QED) is 0.850. The monoisotopic (exact) mass is 276 g/mol. The molecule has 0 radical (unpaired) electrons. The molecular weight excluding hydrogens is 260 g/mol. The van der Waals surface area contributed by atoms with Crippen LogP contribution in [0.4, 0.5) is 0 Å². The van der Waals surface area contributed by atoms with E-state index in [4.69, 9.17) is 11.6 Å². The first-order chi connectivity index (χ1) is 9.15. The van der Waals surface area contributed by atoms with E-state index in [-0.39, 0.29) is 5.91 Å². The number of H-pyrrole nitrogens is 1. The first kappa shape index (κ1) is 12.5. The van der Waals surface area contributed by atoms with Crippen molar-refractivity contribution in [1.29, 1.82) is 0 Å². The molecule has 4 heteroatoms. The summed E-state index contributed by atoms with van der Waals surface area (Å²) in [4.78, 5) is 16.6. The summed E-state index contributed by atoms with van der Waals surface area (Å²) >= 11 is 6.08. The summed E-state index contributed by atoms with van der Waals surface area (Å²) < 4.78 is 0. The largest absolute Gasteiger partial charge is 0.361 e. The van der Waals surface area contributed by atoms with Gasteiger partial charge in [0.05, 0.1) is 0 Å². The molecule has 3 nitrogen and oxygen atoms in total. The third-order valence-corrected chi connectivity index (χ3v) is 4.29. The molecule has 1 fully saturated rings. The fourth-order valence-corrected chi connectivity index (χ4v) is 3.13. The minimum absolute atomic E-state index is 0.181. The van der Waals surface area contributed by atoms with E-state index >= 15 is 0 Å². The Morgan fingerprint density at radius 1 is 1.37 bits per heavy atom. The Morgan fingerprint density at radius 3 is 2.79 bits per heavy atom. The van der Waals surface area contributed by atoms with Gasteiger partial charge in [-0.1, -0.05) is 11.6 Å². The number of hydrogen-bond donors (Lipinski definition) is 1. The van der Waals surface area contributed by atoms with Gasteiger partial charge in [-0.2, -0.15) is 0 Å². The van der Waals surface area contributed by atoms with Crippen LogP contribution in [0, 0.1) is 0 Å². The highest BCUT2D eigenvalue weighted by Crippen LogP contribution is 2.34. The van der Waals surface area contributed by atoms with E-state index in [1.165, 1.54) is 10.9 Å². The zero-order chi connectivity index (χ0) is 13.4. The molecule has 1 aliphatic rings. The van der Waals surface area contributed by atoms with Crippen LogP contribution in [0.5, 0.6) is 0 Å². The standard InChI is InChI=1S/C15H17ClN2O/c1-10(19)18-6-4-11(5-7-18)14-9-17-15-3-2-12(16)8-13(14)15/h2-3,8-9,11,17H,4-7H2,1H3. The van der Waals surface area contributed by atoms with Crippen molar-refractivity contribution in [3.05, 3.63) is 35.0 Å². The maximum absolute atomic E-state index is 11.4. The molecule has 0 bridgehead atoms. The molecule has 3 rings (SSSR count). The molecule has 0 saturated carbocycles. The minimum atomic E-state index is 0.181. The molecule has 19 heavy (non-hydrogen) atoms. The summed E-state index contributed by atoms with van der Waals surface area (Å²) in [7, 11) is 0. The number of carbonyl (C=O) groups excluding carboxylic acids is 1. The first-order valence-electron chi connectivity index (χ1n) is 6.67. The number of benzene rings is 1. The van der Waals surface area contributed by atoms with Crippen LogP contribution in [0.2, 0.25) is 5.02 Å². The van der Waals surface area contributed by atoms with Crippen molar-refractivity contribution in [3.8, 4) is 0 Å². The van der Waals surface area contributed by atoms with E-state index in [0.29, 0.717) is 5.92 Å². The van der Waals surface area contributed by atoms with Gasteiger partial charge in [0.25, 0.3) is 0 Å². The molecule has 0 atom stereocenters. The topological polar surface area (TPSA) is 36.1 Å². The number of aromatic nitrogens is 1. The maximum atomic E-state index is 11.4. The number of halogens is 1. The molecule has 2 aromatic rings. The summed E-state index contributed by atoms with van der Waals surface area (Å²) in [5.74, 6) is 0.697. The number of nitrogens with zero attached hydrogens (tertiary/aromatic N) is 1. The molecule has 2 heterocycles. The fourth-order valence-electron chi connectivity index (χ4n) is 2.96. The van der Waals surface area contributed by atoms with Gasteiger partial charge in [-0.3, -0.25) is 4.79 Å². The van der Waals surface area contributed by atoms with Crippen LogP contribution in [0.1, 0.15) is 31.2 Å². The molecule has 100 valence electrons. The van der Waals surface area contributed by atoms with E-state index in [0.717, 1.165) is 36.5 Å². The minimum Gasteiger partial charge on any atom is -0.361 e. The second-order valence-electron chi connectivity index (χ2n) is 5.21. The van der Waals surface area contributed by atoms with Crippen molar-refractivity contribution in [3.63, 3.8) is 0 Å². The molecule has 1 amide bonds. The van der Waals surface area contributed by atoms with Crippen molar-refractivity contribution in [2.45, 2.75) is 25.7 Å². The van der Waals surface area contributed by atoms with E-state index in [1.54, 1.807) is 6.92 Å². The van der Waals surface area contributed by atoms with Gasteiger partial charge in [0, 0.05) is 42.1 Å². The summed E-state index contributed by atoms with van der Waals surface area (Å²) in [6.07, 6.45) is 4.15. The highest BCUT2D eigenvalue weighted by molar-refractivity contribution is 6.31. The Kier molecular flexibility index (Phi) is 3.23. The van der Waals surface area contributed by atoms with Crippen molar-refractivity contribution in [2.75, 3.05) is 13.1 Å². The predicted octanol–water partition coefficient (Wildman–Crippen LogP) is 3.55. The lowest BCUT2D eigenvalue weighted by atomic mass is 9.89. The van der Waals surface area contributed by atoms with Gasteiger partial charge < -0.3 is 9.88 Å². The average Bonchev–Trinajstić information content (AvgIpc) is 2.81. The molecule has 1 aromatic heterocycles. The number of carbonyl (C=O) groups is 1. The van der Waals surface area contributed by atoms with Crippen molar-refractivity contribution in [1.82, 2.24) is 9.88 Å². The Morgan fingerprint density at radius 2 is 2.11 bits per heavy atom. The Balaban J connectivity index is 1.85. The van der Waals surface area contributed by atoms with Crippen LogP contribution in [0.15, 0.2) is 24.4 Å². The van der Waals surface area contributed by atoms with E-state index < -0.39 is 0 Å². The summed E-state index contributed by atoms with van der Waals surface area (Å²) in [6.45, 7) is 3.35. The highest BCUT2D eigenvalue weighted by Gasteiger charge is 2.23. The smallest absolute Gasteiger partial charge is 0.219 e. The lowest BCUT2D eigenvalue weighted by Crippen LogP contribution is -2.36. The van der Waals surface area contributed by atoms with Crippen molar-refractivity contribution < 1.29 is 4.79 Å². The normalized spacial score (nSPS) is 17.1. The second kappa shape index (κ2) is 4.89. The van der Waals surface area contributed by atoms with E-state index in [2.05, 4.69) is 11.2 Å². The zero-order valence-corrected chi connectivity index (χ0v) is 11.7. The van der Waals surface area contributed by atoms with Crippen LogP contribution >= 0.6 is 11.6 Å². The molecule has 0 spiro atoms. The van der Waals surface area contributed by atoms with Crippen LogP contribution in [0.3, 0.4) is 0 Å². The third-order valence-electron chi connectivity index (χ3n) is 4.06. The predicted molar refractivity (Wildman–Crippen MR) is 77.5 cm³/mol. The fraction of sp³-hybridized carbons (Fsp3) is 0.400. The molecule has 1 N–H and O–H groups in total. The number of amides is 1. The van der Waals surface area contributed by atoms with E-state index in [9.17, 15) is 4.79 Å². The van der Waals surface area contributed by atoms with Crippen LogP contribution in [0.25, 0.3) is 10.9 Å². The lowest BCUT2D eigenvalue weighted by molar-refractivity contribution is -0.129. The number of rotatable bonds is 1. The molecule has 0 aliphatic carbocycles. The number of hydrogen-bond acceptors (Lipinski definition) is 1. The van der Waals surface area contributed by atoms with Gasteiger partial charge in [-0.25, -0.2) is 0 Å². The summed E-state index contributed by atoms with van der Waals surface area (Å²) in [5, 5.41) is 1.99. The number of fused-ring (bicyclic) bond motifs is 1. The molecule has 1 aliphatic heterocycles. The summed E-state index contributed by atoms with van der Waals surface area (Å²) in [5.41, 5.74) is 2.47. The lowest BCUT2D eigenvalue weighted by Gasteiger charge is -2.31. The summed E-state index contributed by atoms with van der Waals surface area (Å²) in [6, 6.07) is 5.95. The van der Waals surface area contributed by atoms with Crippen molar-refractivity contribution >= 4 is 28.4 Å². The van der Waals surface area contributed by atoms with Gasteiger partial charge in [-0.15, -0.1) is 0 Å². The third kappa shape index (κ3) is 2.35. The zero-order valence-electron chi connectivity index (χ0n) is 10.9. The van der Waals surface area contributed by atoms with Gasteiger partial charge in [-0.05, 0) is 42.5 Å². The molecular formula is C15H17ClN2O. The number of nitrogens with one attached hydrogen (secondary N) is 1. The van der Waals surface area contributed by atoms with Gasteiger partial charge >= 0.3 is 0 Å². The van der Waals surface area contributed by atoms with Crippen LogP contribution in [-0.4, -0.2) is 28.9 Å². The number of aromatic amines is 1. The van der Waals surface area contributed by atoms with E-state index in [1.807, 2.05) is 23.1 Å². The van der Waals surface area contributed by atoms with Gasteiger partial charge in [0.2, 0.25) is 5.91 Å². The Hall–Kier alpha value is -1.48. The van der Waals surface area contributed by atoms with Crippen molar-refractivity contribution in [2.24, 2.45) is 0 Å². The Bertz CT molecular complexity index is 612.